The minimum Gasteiger partial charge on any atom is -0.481 e. The Kier molecular flexibility index (Phi) is 7.53. The van der Waals surface area contributed by atoms with Crippen LogP contribution in [0.1, 0.15) is 38.7 Å². The van der Waals surface area contributed by atoms with Gasteiger partial charge in [-0.2, -0.15) is 4.68 Å². The highest BCUT2D eigenvalue weighted by Gasteiger charge is 2.36. The van der Waals surface area contributed by atoms with Crippen LogP contribution in [0.4, 0.5) is 0 Å². The average Bonchev–Trinajstić information content (AvgIpc) is 3.32. The van der Waals surface area contributed by atoms with Crippen molar-refractivity contribution in [3.8, 4) is 23.1 Å². The molecule has 196 valence electrons. The van der Waals surface area contributed by atoms with E-state index in [0.29, 0.717) is 41.6 Å². The van der Waals surface area contributed by atoms with Crippen molar-refractivity contribution < 1.29 is 14.3 Å². The van der Waals surface area contributed by atoms with Crippen LogP contribution in [-0.4, -0.2) is 69.0 Å². The van der Waals surface area contributed by atoms with Gasteiger partial charge < -0.3 is 9.47 Å². The Balaban J connectivity index is 1.39. The number of Topliss-reactive ketones (excluding diaryl/α,β-unsaturated/α-hetero) is 1. The number of carbonyl (C=O) groups is 1. The van der Waals surface area contributed by atoms with Crippen LogP contribution in [0.15, 0.2) is 47.3 Å². The molecular weight excluding hydrogens is 470 g/mol. The third-order valence-corrected chi connectivity index (χ3v) is 7.23. The summed E-state index contributed by atoms with van der Waals surface area (Å²) >= 11 is 0. The van der Waals surface area contributed by atoms with Crippen LogP contribution < -0.4 is 10.4 Å². The number of aromatic nitrogens is 4. The number of rotatable bonds is 10. The fraction of sp³-hybridized carbons (Fsp3) is 0.500. The van der Waals surface area contributed by atoms with Crippen molar-refractivity contribution in [2.24, 2.45) is 5.92 Å². The van der Waals surface area contributed by atoms with Crippen LogP contribution in [-0.2, 0) is 22.5 Å². The second-order valence-electron chi connectivity index (χ2n) is 10.4. The Morgan fingerprint density at radius 3 is 2.51 bits per heavy atom. The lowest BCUT2D eigenvalue weighted by atomic mass is 10.1. The van der Waals surface area contributed by atoms with Crippen LogP contribution in [0, 0.1) is 5.92 Å². The maximum Gasteiger partial charge on any atom is 0.351 e. The predicted octanol–water partition coefficient (Wildman–Crippen LogP) is 3.13. The van der Waals surface area contributed by atoms with Gasteiger partial charge in [-0.15, -0.1) is 5.10 Å². The first kappa shape index (κ1) is 25.4. The fourth-order valence-corrected chi connectivity index (χ4v) is 5.39. The van der Waals surface area contributed by atoms with Crippen molar-refractivity contribution >= 4 is 5.78 Å². The molecule has 9 heteroatoms. The van der Waals surface area contributed by atoms with E-state index in [1.165, 1.54) is 34.8 Å². The number of pyridine rings is 1. The summed E-state index contributed by atoms with van der Waals surface area (Å²) in [4.78, 5) is 33.2. The van der Waals surface area contributed by atoms with Crippen molar-refractivity contribution in [2.45, 2.75) is 58.2 Å². The zero-order chi connectivity index (χ0) is 25.9. The molecule has 0 N–H and O–H groups in total. The molecule has 0 radical (unpaired) electrons. The Hall–Kier alpha value is -3.30. The zero-order valence-electron chi connectivity index (χ0n) is 21.8. The van der Waals surface area contributed by atoms with Gasteiger partial charge in [-0.25, -0.2) is 9.78 Å². The van der Waals surface area contributed by atoms with Gasteiger partial charge in [0.2, 0.25) is 5.88 Å². The number of ketones is 1. The molecule has 0 saturated carbocycles. The molecule has 0 spiro atoms. The van der Waals surface area contributed by atoms with Crippen LogP contribution in [0.2, 0.25) is 0 Å². The van der Waals surface area contributed by atoms with E-state index in [1.54, 1.807) is 18.2 Å². The van der Waals surface area contributed by atoms with Crippen molar-refractivity contribution in [1.82, 2.24) is 24.2 Å². The molecule has 2 aliphatic rings. The number of fused-ring (bicyclic) bond motifs is 2. The van der Waals surface area contributed by atoms with Gasteiger partial charge in [0.05, 0.1) is 32.6 Å². The molecule has 2 fully saturated rings. The zero-order valence-corrected chi connectivity index (χ0v) is 21.8. The number of hydrogen-bond acceptors (Lipinski definition) is 7. The van der Waals surface area contributed by atoms with E-state index < -0.39 is 0 Å². The van der Waals surface area contributed by atoms with E-state index in [2.05, 4.69) is 27.1 Å². The van der Waals surface area contributed by atoms with Gasteiger partial charge in [0.15, 0.2) is 11.6 Å². The summed E-state index contributed by atoms with van der Waals surface area (Å²) in [6, 6.07) is 14.3. The lowest BCUT2D eigenvalue weighted by molar-refractivity contribution is -0.120. The molecule has 2 atom stereocenters. The van der Waals surface area contributed by atoms with Gasteiger partial charge >= 0.3 is 5.69 Å². The van der Waals surface area contributed by atoms with E-state index in [-0.39, 0.29) is 23.9 Å². The smallest absolute Gasteiger partial charge is 0.351 e. The summed E-state index contributed by atoms with van der Waals surface area (Å²) in [7, 11) is 1.54. The highest BCUT2D eigenvalue weighted by atomic mass is 16.5. The summed E-state index contributed by atoms with van der Waals surface area (Å²) in [6.07, 6.45) is 3.78. The minimum absolute atomic E-state index is 0.0202. The number of morpholine rings is 1. The van der Waals surface area contributed by atoms with Crippen LogP contribution in [0.25, 0.3) is 17.2 Å². The maximum atomic E-state index is 13.5. The Labute approximate surface area is 217 Å². The number of methoxy groups -OCH3 is 1. The Bertz CT molecular complexity index is 1280. The molecule has 1 aromatic carbocycles. The first-order valence-electron chi connectivity index (χ1n) is 13.1. The largest absolute Gasteiger partial charge is 0.481 e. The number of nitrogens with zero attached hydrogens (tertiary/aromatic N) is 5. The standard InChI is InChI=1S/C28H35N5O4/c1-19(2)15-24(34)16-32-27(25-5-4-6-26(29-25)36-3)30-33(28(32)35)21-9-7-20(8-10-21)13-14-31-22-11-12-23(31)18-37-17-22/h4-10,19,22-23H,11-18H2,1-3H3. The average molecular weight is 506 g/mol. The summed E-state index contributed by atoms with van der Waals surface area (Å²) in [5.74, 6) is 0.940. The first-order chi connectivity index (χ1) is 17.9. The van der Waals surface area contributed by atoms with E-state index in [4.69, 9.17) is 9.47 Å². The lowest BCUT2D eigenvalue weighted by Crippen LogP contribution is -2.46. The highest BCUT2D eigenvalue weighted by Crippen LogP contribution is 2.28. The molecule has 9 nitrogen and oxygen atoms in total. The van der Waals surface area contributed by atoms with Gasteiger partial charge in [-0.1, -0.05) is 32.0 Å². The molecule has 0 amide bonds. The highest BCUT2D eigenvalue weighted by molar-refractivity contribution is 5.79. The molecule has 0 aliphatic carbocycles. The van der Waals surface area contributed by atoms with E-state index in [9.17, 15) is 9.59 Å². The number of hydrogen-bond donors (Lipinski definition) is 0. The summed E-state index contributed by atoms with van der Waals surface area (Å²) < 4.78 is 13.7. The van der Waals surface area contributed by atoms with Gasteiger partial charge in [0, 0.05) is 31.1 Å². The van der Waals surface area contributed by atoms with Gasteiger partial charge in [-0.3, -0.25) is 14.3 Å². The molecule has 37 heavy (non-hydrogen) atoms. The topological polar surface area (TPSA) is 91.5 Å². The Morgan fingerprint density at radius 1 is 1.11 bits per heavy atom. The number of ether oxygens (including phenoxy) is 2. The summed E-state index contributed by atoms with van der Waals surface area (Å²) in [6.45, 7) is 6.61. The van der Waals surface area contributed by atoms with Gasteiger partial charge in [0.1, 0.15) is 5.69 Å². The molecule has 2 aromatic heterocycles. The molecule has 3 aromatic rings. The monoisotopic (exact) mass is 505 g/mol. The third-order valence-electron chi connectivity index (χ3n) is 7.23. The van der Waals surface area contributed by atoms with Crippen molar-refractivity contribution in [3.05, 3.63) is 58.5 Å². The number of benzene rings is 1. The van der Waals surface area contributed by atoms with Crippen LogP contribution >= 0.6 is 0 Å². The number of carbonyl (C=O) groups excluding carboxylic acids is 1. The molecular formula is C28H35N5O4. The first-order valence-corrected chi connectivity index (χ1v) is 13.1. The van der Waals surface area contributed by atoms with Crippen molar-refractivity contribution in [1.29, 1.82) is 0 Å². The molecule has 2 saturated heterocycles. The quantitative estimate of drug-likeness (QED) is 0.418. The van der Waals surface area contributed by atoms with Crippen LogP contribution in [0.5, 0.6) is 5.88 Å². The molecule has 2 aliphatic heterocycles. The minimum atomic E-state index is -0.366. The van der Waals surface area contributed by atoms with Gasteiger partial charge in [-0.05, 0) is 48.9 Å². The van der Waals surface area contributed by atoms with E-state index >= 15 is 0 Å². The lowest BCUT2D eigenvalue weighted by Gasteiger charge is -2.34. The second-order valence-corrected chi connectivity index (χ2v) is 10.4. The fourth-order valence-electron chi connectivity index (χ4n) is 5.39. The molecule has 2 unspecified atom stereocenters. The second kappa shape index (κ2) is 11.0. The van der Waals surface area contributed by atoms with E-state index in [1.807, 2.05) is 26.0 Å². The molecule has 5 rings (SSSR count). The Morgan fingerprint density at radius 2 is 1.84 bits per heavy atom. The molecule has 2 bridgehead atoms. The normalized spacial score (nSPS) is 19.5. The van der Waals surface area contributed by atoms with Crippen LogP contribution in [0.3, 0.4) is 0 Å². The maximum absolute atomic E-state index is 13.5. The molecule has 4 heterocycles. The summed E-state index contributed by atoms with van der Waals surface area (Å²) in [5, 5.41) is 4.61. The SMILES string of the molecule is COc1cccc(-c2nn(-c3ccc(CCN4C5CCC4COC5)cc3)c(=O)n2CC(=O)CC(C)C)n1. The van der Waals surface area contributed by atoms with Gasteiger partial charge in [0.25, 0.3) is 0 Å². The third kappa shape index (κ3) is 5.52. The van der Waals surface area contributed by atoms with Crippen molar-refractivity contribution in [2.75, 3.05) is 26.9 Å². The summed E-state index contributed by atoms with van der Waals surface area (Å²) in [5.41, 5.74) is 1.97. The van der Waals surface area contributed by atoms with Crippen molar-refractivity contribution in [3.63, 3.8) is 0 Å². The predicted molar refractivity (Wildman–Crippen MR) is 140 cm³/mol. The van der Waals surface area contributed by atoms with E-state index in [0.717, 1.165) is 26.2 Å².